The van der Waals surface area contributed by atoms with Gasteiger partial charge >= 0.3 is 5.97 Å². The fourth-order valence-electron chi connectivity index (χ4n) is 3.56. The molecule has 1 aliphatic heterocycles. The van der Waals surface area contributed by atoms with Crippen LogP contribution in [0.5, 0.6) is 23.0 Å². The van der Waals surface area contributed by atoms with Crippen LogP contribution in [0.2, 0.25) is 0 Å². The third kappa shape index (κ3) is 5.64. The molecule has 180 valence electrons. The predicted octanol–water partition coefficient (Wildman–Crippen LogP) is -0.477. The van der Waals surface area contributed by atoms with Gasteiger partial charge in [-0.2, -0.15) is 0 Å². The van der Waals surface area contributed by atoms with Gasteiger partial charge in [0.25, 0.3) is 0 Å². The molecule has 11 nitrogen and oxygen atoms in total. The van der Waals surface area contributed by atoms with Crippen LogP contribution in [0.4, 0.5) is 0 Å². The van der Waals surface area contributed by atoms with Gasteiger partial charge in [-0.05, 0) is 24.1 Å². The van der Waals surface area contributed by atoms with Gasteiger partial charge in [0.2, 0.25) is 6.29 Å². The van der Waals surface area contributed by atoms with Gasteiger partial charge in [0.15, 0.2) is 6.10 Å². The van der Waals surface area contributed by atoms with Gasteiger partial charge in [-0.3, -0.25) is 0 Å². The van der Waals surface area contributed by atoms with E-state index in [-0.39, 0.29) is 24.2 Å². The molecule has 1 saturated heterocycles. The molecule has 0 spiro atoms. The van der Waals surface area contributed by atoms with Crippen molar-refractivity contribution in [2.24, 2.45) is 0 Å². The summed E-state index contributed by atoms with van der Waals surface area (Å²) >= 11 is 0. The van der Waals surface area contributed by atoms with Crippen molar-refractivity contribution in [3.8, 4) is 23.0 Å². The highest BCUT2D eigenvalue weighted by molar-refractivity contribution is 5.73. The minimum atomic E-state index is -1.88. The van der Waals surface area contributed by atoms with Gasteiger partial charge in [0.05, 0.1) is 13.2 Å². The number of carboxylic acids is 1. The maximum Gasteiger partial charge on any atom is 0.335 e. The molecule has 6 unspecified atom stereocenters. The quantitative estimate of drug-likeness (QED) is 0.266. The number of rotatable bonds is 8. The lowest BCUT2D eigenvalue weighted by molar-refractivity contribution is -0.271. The third-order valence-electron chi connectivity index (χ3n) is 5.29. The molecule has 1 aliphatic rings. The van der Waals surface area contributed by atoms with Crippen molar-refractivity contribution in [3.05, 3.63) is 47.5 Å². The summed E-state index contributed by atoms with van der Waals surface area (Å²) in [4.78, 5) is 11.2. The second-order valence-electron chi connectivity index (χ2n) is 7.71. The molecule has 2 aromatic carbocycles. The number of aliphatic hydroxyl groups excluding tert-OH is 4. The van der Waals surface area contributed by atoms with Crippen molar-refractivity contribution >= 4 is 5.97 Å². The van der Waals surface area contributed by atoms with E-state index >= 15 is 0 Å². The lowest BCUT2D eigenvalue weighted by Gasteiger charge is -2.38. The molecule has 3 rings (SSSR count). The van der Waals surface area contributed by atoms with E-state index in [2.05, 4.69) is 0 Å². The molecule has 0 aromatic heterocycles. The summed E-state index contributed by atoms with van der Waals surface area (Å²) in [5, 5.41) is 69.8. The van der Waals surface area contributed by atoms with E-state index in [0.29, 0.717) is 5.75 Å². The highest BCUT2D eigenvalue weighted by Crippen LogP contribution is 2.35. The Balaban J connectivity index is 1.71. The number of phenols is 2. The zero-order valence-electron chi connectivity index (χ0n) is 17.6. The normalized spacial score (nSPS) is 25.9. The maximum absolute atomic E-state index is 11.2. The summed E-state index contributed by atoms with van der Waals surface area (Å²) in [5.74, 6) is -1.99. The maximum atomic E-state index is 11.2. The average Bonchev–Trinajstić information content (AvgIpc) is 2.76. The smallest absolute Gasteiger partial charge is 0.335 e. The molecule has 6 atom stereocenters. The molecule has 1 heterocycles. The topological polar surface area (TPSA) is 186 Å². The monoisotopic (exact) mass is 466 g/mol. The summed E-state index contributed by atoms with van der Waals surface area (Å²) in [6, 6.07) is 9.25. The van der Waals surface area contributed by atoms with E-state index in [4.69, 9.17) is 19.3 Å². The SMILES string of the molecule is COc1cccc(CC(O)Cc2c(O)cc(OC3OC(C(=O)O)C(O)C(O)C3O)cc2O)c1. The number of hydrogen-bond donors (Lipinski definition) is 7. The Kier molecular flexibility index (Phi) is 7.61. The van der Waals surface area contributed by atoms with Gasteiger partial charge in [-0.1, -0.05) is 12.1 Å². The lowest BCUT2D eigenvalue weighted by atomic mass is 9.98. The minimum Gasteiger partial charge on any atom is -0.507 e. The number of phenolic OH excluding ortho intramolecular Hbond substituents is 2. The van der Waals surface area contributed by atoms with E-state index in [9.17, 15) is 35.4 Å². The molecule has 0 aliphatic carbocycles. The first-order valence-electron chi connectivity index (χ1n) is 10.1. The van der Waals surface area contributed by atoms with E-state index < -0.39 is 54.3 Å². The first-order valence-corrected chi connectivity index (χ1v) is 10.1. The zero-order valence-corrected chi connectivity index (χ0v) is 17.6. The first kappa shape index (κ1) is 24.6. The highest BCUT2D eigenvalue weighted by Gasteiger charge is 2.48. The van der Waals surface area contributed by atoms with E-state index in [1.54, 1.807) is 24.3 Å². The number of ether oxygens (including phenoxy) is 3. The molecule has 2 aromatic rings. The molecule has 1 fully saturated rings. The fraction of sp³-hybridized carbons (Fsp3) is 0.409. The summed E-state index contributed by atoms with van der Waals surface area (Å²) in [6.45, 7) is 0. The summed E-state index contributed by atoms with van der Waals surface area (Å²) in [5.41, 5.74) is 0.833. The summed E-state index contributed by atoms with van der Waals surface area (Å²) in [7, 11) is 1.53. The van der Waals surface area contributed by atoms with Crippen LogP contribution in [0.3, 0.4) is 0 Å². The third-order valence-corrected chi connectivity index (χ3v) is 5.29. The molecule has 11 heteroatoms. The van der Waals surface area contributed by atoms with Crippen molar-refractivity contribution in [2.75, 3.05) is 7.11 Å². The second kappa shape index (κ2) is 10.2. The van der Waals surface area contributed by atoms with Gasteiger partial charge in [-0.25, -0.2) is 4.79 Å². The predicted molar refractivity (Wildman–Crippen MR) is 111 cm³/mol. The number of benzene rings is 2. The summed E-state index contributed by atoms with van der Waals surface area (Å²) < 4.78 is 15.5. The number of aliphatic hydroxyl groups is 4. The van der Waals surface area contributed by atoms with Gasteiger partial charge in [0.1, 0.15) is 41.3 Å². The number of aliphatic carboxylic acids is 1. The van der Waals surface area contributed by atoms with E-state index in [1.165, 1.54) is 7.11 Å². The Morgan fingerprint density at radius 1 is 1.00 bits per heavy atom. The van der Waals surface area contributed by atoms with Gasteiger partial charge in [0, 0.05) is 24.1 Å². The van der Waals surface area contributed by atoms with Gasteiger partial charge < -0.3 is 50.0 Å². The molecule has 0 amide bonds. The van der Waals surface area contributed by atoms with Crippen molar-refractivity contribution < 1.29 is 54.8 Å². The fourth-order valence-corrected chi connectivity index (χ4v) is 3.56. The Hall–Kier alpha value is -3.09. The van der Waals surface area contributed by atoms with Crippen LogP contribution in [0.25, 0.3) is 0 Å². The Morgan fingerprint density at radius 2 is 1.67 bits per heavy atom. The number of aromatic hydroxyl groups is 2. The van der Waals surface area contributed by atoms with Crippen molar-refractivity contribution in [2.45, 2.75) is 49.7 Å². The van der Waals surface area contributed by atoms with Crippen molar-refractivity contribution in [1.82, 2.24) is 0 Å². The standard InChI is InChI=1S/C22H26O11/c1-31-12-4-2-3-10(6-12)5-11(23)7-14-15(24)8-13(9-16(14)25)32-22-19(28)17(26)18(27)20(33-22)21(29)30/h2-4,6,8-9,11,17-20,22-28H,5,7H2,1H3,(H,29,30). The van der Waals surface area contributed by atoms with Crippen LogP contribution >= 0.6 is 0 Å². The Labute approximate surface area is 188 Å². The number of methoxy groups -OCH3 is 1. The molecule has 0 bridgehead atoms. The Bertz CT molecular complexity index is 956. The first-order chi connectivity index (χ1) is 15.6. The van der Waals surface area contributed by atoms with Crippen LogP contribution in [-0.4, -0.2) is 85.6 Å². The van der Waals surface area contributed by atoms with Crippen molar-refractivity contribution in [3.63, 3.8) is 0 Å². The molecular formula is C22H26O11. The average molecular weight is 466 g/mol. The zero-order chi connectivity index (χ0) is 24.3. The highest BCUT2D eigenvalue weighted by atomic mass is 16.7. The second-order valence-corrected chi connectivity index (χ2v) is 7.71. The molecule has 7 N–H and O–H groups in total. The van der Waals surface area contributed by atoms with Gasteiger partial charge in [-0.15, -0.1) is 0 Å². The van der Waals surface area contributed by atoms with E-state index in [0.717, 1.165) is 17.7 Å². The minimum absolute atomic E-state index is 0.0433. The number of hydrogen-bond acceptors (Lipinski definition) is 10. The lowest BCUT2D eigenvalue weighted by Crippen LogP contribution is -2.61. The van der Waals surface area contributed by atoms with Crippen LogP contribution in [0, 0.1) is 0 Å². The molecule has 0 radical (unpaired) electrons. The molecule has 0 saturated carbocycles. The van der Waals surface area contributed by atoms with Crippen LogP contribution in [-0.2, 0) is 22.4 Å². The van der Waals surface area contributed by atoms with Crippen LogP contribution < -0.4 is 9.47 Å². The van der Waals surface area contributed by atoms with Crippen LogP contribution in [0.15, 0.2) is 36.4 Å². The molecular weight excluding hydrogens is 440 g/mol. The largest absolute Gasteiger partial charge is 0.507 e. The van der Waals surface area contributed by atoms with Crippen molar-refractivity contribution in [1.29, 1.82) is 0 Å². The molecule has 33 heavy (non-hydrogen) atoms. The van der Waals surface area contributed by atoms with Crippen LogP contribution in [0.1, 0.15) is 11.1 Å². The number of carbonyl (C=O) groups is 1. The summed E-state index contributed by atoms with van der Waals surface area (Å²) in [6.07, 6.45) is -9.92. The number of carboxylic acid groups (broad SMARTS) is 1. The van der Waals surface area contributed by atoms with E-state index in [1.807, 2.05) is 0 Å². The Morgan fingerprint density at radius 3 is 2.27 bits per heavy atom.